The number of esters is 1. The van der Waals surface area contributed by atoms with Gasteiger partial charge in [-0.1, -0.05) is 13.3 Å². The zero-order chi connectivity index (χ0) is 15.0. The highest BCUT2D eigenvalue weighted by Gasteiger charge is 2.31. The summed E-state index contributed by atoms with van der Waals surface area (Å²) in [7, 11) is 0. The number of nitrogens with zero attached hydrogens (tertiary/aromatic N) is 1. The van der Waals surface area contributed by atoms with Crippen molar-refractivity contribution in [3.05, 3.63) is 0 Å². The van der Waals surface area contributed by atoms with Crippen LogP contribution in [-0.2, 0) is 14.3 Å². The van der Waals surface area contributed by atoms with Gasteiger partial charge in [0.2, 0.25) is 5.91 Å². The summed E-state index contributed by atoms with van der Waals surface area (Å²) in [6.07, 6.45) is 3.88. The number of rotatable bonds is 7. The molecule has 1 aliphatic heterocycles. The van der Waals surface area contributed by atoms with Crippen molar-refractivity contribution in [1.29, 1.82) is 0 Å². The molecule has 116 valence electrons. The van der Waals surface area contributed by atoms with Crippen molar-refractivity contribution in [2.75, 3.05) is 26.2 Å². The molecule has 2 atom stereocenters. The largest absolute Gasteiger partial charge is 0.466 e. The SMILES string of the molecule is CCCCNC(=O)C(C)N1CCC[C@@H](C(=O)OCC)C1. The first-order valence-electron chi connectivity index (χ1n) is 7.78. The fraction of sp³-hybridized carbons (Fsp3) is 0.867. The number of ether oxygens (including phenoxy) is 1. The molecular formula is C15H28N2O3. The monoisotopic (exact) mass is 284 g/mol. The minimum absolute atomic E-state index is 0.0583. The molecule has 0 saturated carbocycles. The molecule has 5 nitrogen and oxygen atoms in total. The first-order chi connectivity index (χ1) is 9.60. The third-order valence-corrected chi connectivity index (χ3v) is 3.83. The van der Waals surface area contributed by atoms with E-state index in [0.29, 0.717) is 13.2 Å². The molecule has 1 heterocycles. The second kappa shape index (κ2) is 8.95. The lowest BCUT2D eigenvalue weighted by atomic mass is 9.97. The van der Waals surface area contributed by atoms with Crippen LogP contribution in [0.1, 0.15) is 46.5 Å². The van der Waals surface area contributed by atoms with Gasteiger partial charge in [-0.05, 0) is 39.7 Å². The number of carbonyl (C=O) groups is 2. The quantitative estimate of drug-likeness (QED) is 0.569. The highest BCUT2D eigenvalue weighted by Crippen LogP contribution is 2.19. The Hall–Kier alpha value is -1.10. The number of nitrogens with one attached hydrogen (secondary N) is 1. The van der Waals surface area contributed by atoms with Gasteiger partial charge < -0.3 is 10.1 Å². The molecule has 0 spiro atoms. The lowest BCUT2D eigenvalue weighted by Crippen LogP contribution is -2.50. The second-order valence-electron chi connectivity index (χ2n) is 5.41. The standard InChI is InChI=1S/C15H28N2O3/c1-4-6-9-16-14(18)12(3)17-10-7-8-13(11-17)15(19)20-5-2/h12-13H,4-11H2,1-3H3,(H,16,18)/t12?,13-/m1/s1. The van der Waals surface area contributed by atoms with E-state index in [1.54, 1.807) is 0 Å². The molecule has 20 heavy (non-hydrogen) atoms. The molecule has 0 radical (unpaired) electrons. The Morgan fingerprint density at radius 3 is 2.80 bits per heavy atom. The maximum absolute atomic E-state index is 12.1. The van der Waals surface area contributed by atoms with Crippen molar-refractivity contribution < 1.29 is 14.3 Å². The van der Waals surface area contributed by atoms with E-state index in [1.807, 2.05) is 13.8 Å². The normalized spacial score (nSPS) is 21.2. The lowest BCUT2D eigenvalue weighted by Gasteiger charge is -2.35. The third kappa shape index (κ3) is 5.12. The Labute approximate surface area is 122 Å². The van der Waals surface area contributed by atoms with Crippen LogP contribution in [0.2, 0.25) is 0 Å². The van der Waals surface area contributed by atoms with E-state index < -0.39 is 0 Å². The van der Waals surface area contributed by atoms with Gasteiger partial charge in [0.25, 0.3) is 0 Å². The van der Waals surface area contributed by atoms with Gasteiger partial charge in [0.1, 0.15) is 0 Å². The number of piperidine rings is 1. The highest BCUT2D eigenvalue weighted by molar-refractivity contribution is 5.81. The molecule has 1 amide bonds. The van der Waals surface area contributed by atoms with Crippen LogP contribution >= 0.6 is 0 Å². The molecule has 1 N–H and O–H groups in total. The summed E-state index contributed by atoms with van der Waals surface area (Å²) in [5, 5.41) is 2.95. The van der Waals surface area contributed by atoms with Crippen LogP contribution in [0.5, 0.6) is 0 Å². The molecule has 1 fully saturated rings. The summed E-state index contributed by atoms with van der Waals surface area (Å²) in [6.45, 7) is 8.48. The molecule has 0 bridgehead atoms. The summed E-state index contributed by atoms with van der Waals surface area (Å²) in [4.78, 5) is 25.9. The maximum atomic E-state index is 12.1. The van der Waals surface area contributed by atoms with Crippen LogP contribution in [0.25, 0.3) is 0 Å². The van der Waals surface area contributed by atoms with Crippen molar-refractivity contribution in [3.63, 3.8) is 0 Å². The summed E-state index contributed by atoms with van der Waals surface area (Å²) >= 11 is 0. The first kappa shape index (κ1) is 17.0. The van der Waals surface area contributed by atoms with Crippen LogP contribution in [0.3, 0.4) is 0 Å². The fourth-order valence-electron chi connectivity index (χ4n) is 2.51. The van der Waals surface area contributed by atoms with Gasteiger partial charge in [0, 0.05) is 13.1 Å². The second-order valence-corrected chi connectivity index (χ2v) is 5.41. The van der Waals surface area contributed by atoms with Crippen LogP contribution in [0.4, 0.5) is 0 Å². The molecular weight excluding hydrogens is 256 g/mol. The van der Waals surface area contributed by atoms with Crippen molar-refractivity contribution in [3.8, 4) is 0 Å². The van der Waals surface area contributed by atoms with E-state index in [-0.39, 0.29) is 23.8 Å². The van der Waals surface area contributed by atoms with Gasteiger partial charge in [-0.25, -0.2) is 0 Å². The predicted molar refractivity (Wildman–Crippen MR) is 78.3 cm³/mol. The number of hydrogen-bond donors (Lipinski definition) is 1. The minimum atomic E-state index is -0.177. The Morgan fingerprint density at radius 2 is 2.15 bits per heavy atom. The molecule has 0 aromatic carbocycles. The molecule has 5 heteroatoms. The first-order valence-corrected chi connectivity index (χ1v) is 7.78. The van der Waals surface area contributed by atoms with Gasteiger partial charge in [-0.15, -0.1) is 0 Å². The zero-order valence-corrected chi connectivity index (χ0v) is 13.0. The van der Waals surface area contributed by atoms with Crippen LogP contribution < -0.4 is 5.32 Å². The fourth-order valence-corrected chi connectivity index (χ4v) is 2.51. The summed E-state index contributed by atoms with van der Waals surface area (Å²) < 4.78 is 5.08. The Balaban J connectivity index is 2.45. The molecule has 0 aliphatic carbocycles. The maximum Gasteiger partial charge on any atom is 0.310 e. The highest BCUT2D eigenvalue weighted by atomic mass is 16.5. The van der Waals surface area contributed by atoms with Crippen molar-refractivity contribution in [2.24, 2.45) is 5.92 Å². The average molecular weight is 284 g/mol. The molecule has 1 aliphatic rings. The van der Waals surface area contributed by atoms with Gasteiger partial charge in [-0.2, -0.15) is 0 Å². The number of hydrogen-bond acceptors (Lipinski definition) is 4. The number of unbranched alkanes of at least 4 members (excludes halogenated alkanes) is 1. The molecule has 1 unspecified atom stereocenters. The van der Waals surface area contributed by atoms with E-state index in [0.717, 1.165) is 38.8 Å². The smallest absolute Gasteiger partial charge is 0.310 e. The molecule has 1 rings (SSSR count). The number of amides is 1. The molecule has 0 aromatic rings. The average Bonchev–Trinajstić information content (AvgIpc) is 2.47. The van der Waals surface area contributed by atoms with E-state index >= 15 is 0 Å². The van der Waals surface area contributed by atoms with Gasteiger partial charge in [-0.3, -0.25) is 14.5 Å². The topological polar surface area (TPSA) is 58.6 Å². The van der Waals surface area contributed by atoms with Gasteiger partial charge in [0.05, 0.1) is 18.6 Å². The van der Waals surface area contributed by atoms with E-state index in [4.69, 9.17) is 4.74 Å². The lowest BCUT2D eigenvalue weighted by molar-refractivity contribution is -0.151. The van der Waals surface area contributed by atoms with Crippen LogP contribution in [0.15, 0.2) is 0 Å². The van der Waals surface area contributed by atoms with Crippen molar-refractivity contribution in [2.45, 2.75) is 52.5 Å². The Morgan fingerprint density at radius 1 is 1.40 bits per heavy atom. The van der Waals surface area contributed by atoms with Gasteiger partial charge >= 0.3 is 5.97 Å². The summed E-state index contributed by atoms with van der Waals surface area (Å²) in [6, 6.07) is -0.177. The Kier molecular flexibility index (Phi) is 7.59. The van der Waals surface area contributed by atoms with Crippen molar-refractivity contribution in [1.82, 2.24) is 10.2 Å². The van der Waals surface area contributed by atoms with E-state index in [2.05, 4.69) is 17.1 Å². The van der Waals surface area contributed by atoms with Crippen molar-refractivity contribution >= 4 is 11.9 Å². The molecule has 0 aromatic heterocycles. The van der Waals surface area contributed by atoms with E-state index in [9.17, 15) is 9.59 Å². The number of carbonyl (C=O) groups excluding carboxylic acids is 2. The van der Waals surface area contributed by atoms with Crippen LogP contribution in [-0.4, -0.2) is 49.1 Å². The Bertz CT molecular complexity index is 320. The number of likely N-dealkylation sites (tertiary alicyclic amines) is 1. The predicted octanol–water partition coefficient (Wildman–Crippen LogP) is 1.57. The summed E-state index contributed by atoms with van der Waals surface area (Å²) in [5.41, 5.74) is 0. The van der Waals surface area contributed by atoms with Crippen LogP contribution in [0, 0.1) is 5.92 Å². The van der Waals surface area contributed by atoms with E-state index in [1.165, 1.54) is 0 Å². The molecule has 1 saturated heterocycles. The zero-order valence-electron chi connectivity index (χ0n) is 13.0. The minimum Gasteiger partial charge on any atom is -0.466 e. The summed E-state index contributed by atoms with van der Waals surface area (Å²) in [5.74, 6) is -0.159. The third-order valence-electron chi connectivity index (χ3n) is 3.83. The van der Waals surface area contributed by atoms with Gasteiger partial charge in [0.15, 0.2) is 0 Å².